The first kappa shape index (κ1) is 15.2. The van der Waals surface area contributed by atoms with Crippen molar-refractivity contribution in [3.8, 4) is 0 Å². The van der Waals surface area contributed by atoms with Gasteiger partial charge in [-0.15, -0.1) is 0 Å². The van der Waals surface area contributed by atoms with Gasteiger partial charge in [0.15, 0.2) is 0 Å². The highest BCUT2D eigenvalue weighted by Gasteiger charge is 2.29. The minimum absolute atomic E-state index is 0.0300. The van der Waals surface area contributed by atoms with Gasteiger partial charge in [0.05, 0.1) is 12.1 Å². The lowest BCUT2D eigenvalue weighted by Crippen LogP contribution is -2.48. The molecule has 0 radical (unpaired) electrons. The molecule has 0 amide bonds. The summed E-state index contributed by atoms with van der Waals surface area (Å²) in [6.45, 7) is 6.94. The molecule has 0 heterocycles. The fraction of sp³-hybridized carbons (Fsp3) is 0.600. The van der Waals surface area contributed by atoms with Crippen LogP contribution in [-0.4, -0.2) is 30.0 Å². The number of aliphatic hydroxyl groups excluding tert-OH is 2. The summed E-state index contributed by atoms with van der Waals surface area (Å²) in [6.07, 6.45) is 0.896. The van der Waals surface area contributed by atoms with Gasteiger partial charge < -0.3 is 15.5 Å². The lowest BCUT2D eigenvalue weighted by Gasteiger charge is -2.35. The molecule has 102 valence electrons. The number of nitrogens with one attached hydrogen (secondary N) is 1. The van der Waals surface area contributed by atoms with Gasteiger partial charge in [0.25, 0.3) is 0 Å². The quantitative estimate of drug-likeness (QED) is 0.693. The van der Waals surface area contributed by atoms with E-state index < -0.39 is 5.54 Å². The van der Waals surface area contributed by atoms with Crippen LogP contribution in [0, 0.1) is 5.41 Å². The second-order valence-corrected chi connectivity index (χ2v) is 5.53. The third-order valence-electron chi connectivity index (χ3n) is 3.87. The SMILES string of the molecule is CCC(C)(CO)CNC(C)(CO)c1ccccc1. The summed E-state index contributed by atoms with van der Waals surface area (Å²) >= 11 is 0. The highest BCUT2D eigenvalue weighted by atomic mass is 16.3. The van der Waals surface area contributed by atoms with Gasteiger partial charge in [0.1, 0.15) is 0 Å². The van der Waals surface area contributed by atoms with Crippen LogP contribution in [0.3, 0.4) is 0 Å². The Morgan fingerprint density at radius 3 is 2.11 bits per heavy atom. The van der Waals surface area contributed by atoms with Crippen molar-refractivity contribution in [2.45, 2.75) is 32.7 Å². The maximum absolute atomic E-state index is 9.66. The molecule has 1 rings (SSSR count). The van der Waals surface area contributed by atoms with Crippen molar-refractivity contribution in [1.29, 1.82) is 0 Å². The summed E-state index contributed by atoms with van der Waals surface area (Å²) in [5.74, 6) is 0. The third kappa shape index (κ3) is 3.55. The molecule has 0 fully saturated rings. The molecule has 3 N–H and O–H groups in total. The van der Waals surface area contributed by atoms with Crippen LogP contribution in [0.25, 0.3) is 0 Å². The molecule has 0 aliphatic carbocycles. The van der Waals surface area contributed by atoms with E-state index in [9.17, 15) is 10.2 Å². The molecule has 2 atom stereocenters. The molecule has 0 spiro atoms. The zero-order valence-corrected chi connectivity index (χ0v) is 11.6. The summed E-state index contributed by atoms with van der Waals surface area (Å²) in [5, 5.41) is 22.5. The zero-order valence-electron chi connectivity index (χ0n) is 11.6. The molecule has 3 nitrogen and oxygen atoms in total. The molecule has 3 heteroatoms. The molecular formula is C15H25NO2. The number of rotatable bonds is 7. The third-order valence-corrected chi connectivity index (χ3v) is 3.87. The van der Waals surface area contributed by atoms with Gasteiger partial charge in [-0.05, 0) is 18.9 Å². The Morgan fingerprint density at radius 1 is 1.06 bits per heavy atom. The molecule has 2 unspecified atom stereocenters. The average molecular weight is 251 g/mol. The standard InChI is InChI=1S/C15H25NO2/c1-4-14(2,11-17)10-16-15(3,12-18)13-8-6-5-7-9-13/h5-9,16-18H,4,10-12H2,1-3H3. The van der Waals surface area contributed by atoms with E-state index in [2.05, 4.69) is 12.2 Å². The molecule has 0 aliphatic heterocycles. The maximum atomic E-state index is 9.66. The largest absolute Gasteiger partial charge is 0.396 e. The van der Waals surface area contributed by atoms with Gasteiger partial charge in [-0.3, -0.25) is 0 Å². The minimum Gasteiger partial charge on any atom is -0.396 e. The van der Waals surface area contributed by atoms with E-state index in [4.69, 9.17) is 0 Å². The van der Waals surface area contributed by atoms with Crippen LogP contribution < -0.4 is 5.32 Å². The smallest absolute Gasteiger partial charge is 0.0652 e. The van der Waals surface area contributed by atoms with Crippen LogP contribution in [0.1, 0.15) is 32.8 Å². The Bertz CT molecular complexity index is 349. The average Bonchev–Trinajstić information content (AvgIpc) is 2.45. The number of benzene rings is 1. The van der Waals surface area contributed by atoms with Crippen LogP contribution in [0.4, 0.5) is 0 Å². The number of aliphatic hydroxyl groups is 2. The topological polar surface area (TPSA) is 52.5 Å². The normalized spacial score (nSPS) is 18.1. The monoisotopic (exact) mass is 251 g/mol. The lowest BCUT2D eigenvalue weighted by atomic mass is 9.86. The highest BCUT2D eigenvalue weighted by Crippen LogP contribution is 2.24. The second-order valence-electron chi connectivity index (χ2n) is 5.53. The van der Waals surface area contributed by atoms with E-state index in [0.717, 1.165) is 12.0 Å². The van der Waals surface area contributed by atoms with E-state index in [1.165, 1.54) is 0 Å². The van der Waals surface area contributed by atoms with Crippen LogP contribution in [0.5, 0.6) is 0 Å². The Morgan fingerprint density at radius 2 is 1.67 bits per heavy atom. The van der Waals surface area contributed by atoms with Crippen molar-refractivity contribution in [1.82, 2.24) is 5.32 Å². The van der Waals surface area contributed by atoms with E-state index in [0.29, 0.717) is 6.54 Å². The van der Waals surface area contributed by atoms with Gasteiger partial charge >= 0.3 is 0 Å². The summed E-state index contributed by atoms with van der Waals surface area (Å²) in [5.41, 5.74) is 0.446. The fourth-order valence-corrected chi connectivity index (χ4v) is 1.76. The molecule has 0 bridgehead atoms. The predicted molar refractivity (Wildman–Crippen MR) is 74.4 cm³/mol. The Labute approximate surface area is 110 Å². The van der Waals surface area contributed by atoms with Crippen molar-refractivity contribution >= 4 is 0 Å². The van der Waals surface area contributed by atoms with Crippen LogP contribution in [0.15, 0.2) is 30.3 Å². The van der Waals surface area contributed by atoms with Crippen molar-refractivity contribution in [2.75, 3.05) is 19.8 Å². The van der Waals surface area contributed by atoms with E-state index >= 15 is 0 Å². The Balaban J connectivity index is 2.78. The molecule has 0 aliphatic rings. The van der Waals surface area contributed by atoms with Crippen molar-refractivity contribution in [3.05, 3.63) is 35.9 Å². The maximum Gasteiger partial charge on any atom is 0.0652 e. The van der Waals surface area contributed by atoms with Crippen LogP contribution >= 0.6 is 0 Å². The Hall–Kier alpha value is -0.900. The van der Waals surface area contributed by atoms with Crippen molar-refractivity contribution < 1.29 is 10.2 Å². The molecule has 18 heavy (non-hydrogen) atoms. The first-order valence-electron chi connectivity index (χ1n) is 6.52. The summed E-state index contributed by atoms with van der Waals surface area (Å²) in [6, 6.07) is 9.91. The van der Waals surface area contributed by atoms with Gasteiger partial charge in [-0.25, -0.2) is 0 Å². The molecule has 0 saturated carbocycles. The molecule has 0 aromatic heterocycles. The number of hydrogen-bond donors (Lipinski definition) is 3. The predicted octanol–water partition coefficient (Wildman–Crippen LogP) is 1.89. The first-order chi connectivity index (χ1) is 8.49. The minimum atomic E-state index is -0.465. The van der Waals surface area contributed by atoms with Gasteiger partial charge in [0.2, 0.25) is 0 Å². The van der Waals surface area contributed by atoms with Gasteiger partial charge in [-0.1, -0.05) is 44.2 Å². The van der Waals surface area contributed by atoms with Crippen LogP contribution in [-0.2, 0) is 5.54 Å². The summed E-state index contributed by atoms with van der Waals surface area (Å²) in [4.78, 5) is 0. The van der Waals surface area contributed by atoms with E-state index in [-0.39, 0.29) is 18.6 Å². The van der Waals surface area contributed by atoms with E-state index in [1.54, 1.807) is 0 Å². The molecular weight excluding hydrogens is 226 g/mol. The second kappa shape index (κ2) is 6.32. The summed E-state index contributed by atoms with van der Waals surface area (Å²) < 4.78 is 0. The van der Waals surface area contributed by atoms with Crippen molar-refractivity contribution in [2.24, 2.45) is 5.41 Å². The Kier molecular flexibility index (Phi) is 5.32. The first-order valence-corrected chi connectivity index (χ1v) is 6.52. The molecule has 1 aromatic rings. The highest BCUT2D eigenvalue weighted by molar-refractivity contribution is 5.23. The number of hydrogen-bond acceptors (Lipinski definition) is 3. The van der Waals surface area contributed by atoms with Crippen molar-refractivity contribution in [3.63, 3.8) is 0 Å². The van der Waals surface area contributed by atoms with E-state index in [1.807, 2.05) is 44.2 Å². The zero-order chi connectivity index (χ0) is 13.6. The summed E-state index contributed by atoms with van der Waals surface area (Å²) in [7, 11) is 0. The van der Waals surface area contributed by atoms with Crippen LogP contribution in [0.2, 0.25) is 0 Å². The lowest BCUT2D eigenvalue weighted by molar-refractivity contribution is 0.105. The van der Waals surface area contributed by atoms with Gasteiger partial charge in [0, 0.05) is 18.6 Å². The molecule has 1 aromatic carbocycles. The van der Waals surface area contributed by atoms with Gasteiger partial charge in [-0.2, -0.15) is 0 Å². The fourth-order valence-electron chi connectivity index (χ4n) is 1.76. The molecule has 0 saturated heterocycles.